The zero-order valence-electron chi connectivity index (χ0n) is 12.5. The van der Waals surface area contributed by atoms with Crippen molar-refractivity contribution in [2.24, 2.45) is 10.9 Å². The van der Waals surface area contributed by atoms with Gasteiger partial charge < -0.3 is 20.7 Å². The highest BCUT2D eigenvalue weighted by Gasteiger charge is 2.24. The van der Waals surface area contributed by atoms with Gasteiger partial charge >= 0.3 is 0 Å². The molecule has 1 aromatic carbocycles. The fourth-order valence-corrected chi connectivity index (χ4v) is 2.41. The first-order chi connectivity index (χ1) is 10.0. The molecule has 1 unspecified atom stereocenters. The van der Waals surface area contributed by atoms with Gasteiger partial charge in [0.15, 0.2) is 5.84 Å². The number of oxime groups is 1. The summed E-state index contributed by atoms with van der Waals surface area (Å²) in [6, 6.07) is 7.58. The second-order valence-corrected chi connectivity index (χ2v) is 5.53. The van der Waals surface area contributed by atoms with Gasteiger partial charge in [0.05, 0.1) is 6.42 Å². The number of benzene rings is 1. The Morgan fingerprint density at radius 1 is 1.38 bits per heavy atom. The van der Waals surface area contributed by atoms with Gasteiger partial charge in [0.2, 0.25) is 5.91 Å². The zero-order valence-corrected chi connectivity index (χ0v) is 12.5. The lowest BCUT2D eigenvalue weighted by atomic mass is 10.1. The standard InChI is InChI=1S/C15H22N4O2/c1-11-10-19(8-7-18(11)2)14(20)9-12-3-5-13(6-4-12)15(16)17-21/h3-6,11,21H,7-10H2,1-2H3,(H2,16,17). The van der Waals surface area contributed by atoms with E-state index in [4.69, 9.17) is 10.9 Å². The third kappa shape index (κ3) is 3.72. The summed E-state index contributed by atoms with van der Waals surface area (Å²) >= 11 is 0. The molecule has 21 heavy (non-hydrogen) atoms. The third-order valence-electron chi connectivity index (χ3n) is 4.03. The van der Waals surface area contributed by atoms with Crippen molar-refractivity contribution in [3.63, 3.8) is 0 Å². The Labute approximate surface area is 124 Å². The van der Waals surface area contributed by atoms with Gasteiger partial charge in [-0.2, -0.15) is 0 Å². The van der Waals surface area contributed by atoms with Gasteiger partial charge in [-0.05, 0) is 19.5 Å². The van der Waals surface area contributed by atoms with Crippen molar-refractivity contribution < 1.29 is 10.0 Å². The summed E-state index contributed by atoms with van der Waals surface area (Å²) in [7, 11) is 2.08. The van der Waals surface area contributed by atoms with Gasteiger partial charge in [0, 0.05) is 31.2 Å². The van der Waals surface area contributed by atoms with Gasteiger partial charge in [-0.3, -0.25) is 4.79 Å². The lowest BCUT2D eigenvalue weighted by Crippen LogP contribution is -2.52. The van der Waals surface area contributed by atoms with Crippen LogP contribution in [0, 0.1) is 0 Å². The van der Waals surface area contributed by atoms with Gasteiger partial charge in [0.1, 0.15) is 0 Å². The molecule has 1 aromatic rings. The van der Waals surface area contributed by atoms with E-state index in [1.165, 1.54) is 0 Å². The van der Waals surface area contributed by atoms with Gasteiger partial charge in [0.25, 0.3) is 0 Å². The molecule has 0 saturated carbocycles. The first kappa shape index (κ1) is 15.3. The molecule has 0 aliphatic carbocycles. The van der Waals surface area contributed by atoms with Crippen LogP contribution in [0.15, 0.2) is 29.4 Å². The van der Waals surface area contributed by atoms with Crippen LogP contribution in [0.1, 0.15) is 18.1 Å². The highest BCUT2D eigenvalue weighted by Crippen LogP contribution is 2.11. The first-order valence-corrected chi connectivity index (χ1v) is 7.06. The van der Waals surface area contributed by atoms with Crippen LogP contribution in [0.4, 0.5) is 0 Å². The van der Waals surface area contributed by atoms with E-state index in [-0.39, 0.29) is 11.7 Å². The molecule has 0 bridgehead atoms. The van der Waals surface area contributed by atoms with Crippen LogP contribution in [-0.4, -0.2) is 59.5 Å². The number of amides is 1. The number of nitrogens with zero attached hydrogens (tertiary/aromatic N) is 3. The number of hydrogen-bond donors (Lipinski definition) is 2. The number of piperazine rings is 1. The second-order valence-electron chi connectivity index (χ2n) is 5.53. The lowest BCUT2D eigenvalue weighted by molar-refractivity contribution is -0.133. The molecule has 1 amide bonds. The molecule has 1 aliphatic heterocycles. The molecule has 0 spiro atoms. The normalized spacial score (nSPS) is 20.6. The topological polar surface area (TPSA) is 82.2 Å². The van der Waals surface area contributed by atoms with Crippen LogP contribution in [0.2, 0.25) is 0 Å². The van der Waals surface area contributed by atoms with E-state index in [2.05, 4.69) is 24.0 Å². The summed E-state index contributed by atoms with van der Waals surface area (Å²) in [5.74, 6) is 0.215. The molecular formula is C15H22N4O2. The van der Waals surface area contributed by atoms with E-state index in [9.17, 15) is 4.79 Å². The van der Waals surface area contributed by atoms with Crippen LogP contribution in [0.3, 0.4) is 0 Å². The summed E-state index contributed by atoms with van der Waals surface area (Å²) in [5.41, 5.74) is 7.08. The molecule has 0 aromatic heterocycles. The van der Waals surface area contributed by atoms with Crippen molar-refractivity contribution >= 4 is 11.7 Å². The maximum Gasteiger partial charge on any atom is 0.227 e. The van der Waals surface area contributed by atoms with Crippen molar-refractivity contribution in [3.8, 4) is 0 Å². The Balaban J connectivity index is 1.97. The SMILES string of the molecule is CC1CN(C(=O)Cc2ccc(C(N)=NO)cc2)CCN1C. The van der Waals surface area contributed by atoms with E-state index in [1.54, 1.807) is 12.1 Å². The van der Waals surface area contributed by atoms with Crippen LogP contribution in [0.5, 0.6) is 0 Å². The maximum absolute atomic E-state index is 12.3. The van der Waals surface area contributed by atoms with Crippen molar-refractivity contribution in [3.05, 3.63) is 35.4 Å². The van der Waals surface area contributed by atoms with E-state index >= 15 is 0 Å². The Hall–Kier alpha value is -2.08. The minimum Gasteiger partial charge on any atom is -0.409 e. The van der Waals surface area contributed by atoms with E-state index in [1.807, 2.05) is 17.0 Å². The molecule has 6 nitrogen and oxygen atoms in total. The van der Waals surface area contributed by atoms with Gasteiger partial charge in [-0.1, -0.05) is 29.4 Å². The number of carbonyl (C=O) groups excluding carboxylic acids is 1. The number of carbonyl (C=O) groups is 1. The Morgan fingerprint density at radius 3 is 2.62 bits per heavy atom. The molecule has 0 radical (unpaired) electrons. The third-order valence-corrected chi connectivity index (χ3v) is 4.03. The summed E-state index contributed by atoms with van der Waals surface area (Å²) < 4.78 is 0. The number of amidine groups is 1. The largest absolute Gasteiger partial charge is 0.409 e. The highest BCUT2D eigenvalue weighted by atomic mass is 16.4. The van der Waals surface area contributed by atoms with Crippen LogP contribution in [-0.2, 0) is 11.2 Å². The van der Waals surface area contributed by atoms with Gasteiger partial charge in [-0.15, -0.1) is 0 Å². The summed E-state index contributed by atoms with van der Waals surface area (Å²) in [6.45, 7) is 4.60. The smallest absolute Gasteiger partial charge is 0.227 e. The zero-order chi connectivity index (χ0) is 15.4. The second kappa shape index (κ2) is 6.58. The number of nitrogens with two attached hydrogens (primary N) is 1. The lowest BCUT2D eigenvalue weighted by Gasteiger charge is -2.37. The quantitative estimate of drug-likeness (QED) is 0.367. The van der Waals surface area contributed by atoms with Crippen LogP contribution >= 0.6 is 0 Å². The Bertz CT molecular complexity index is 527. The fraction of sp³-hybridized carbons (Fsp3) is 0.467. The van der Waals surface area contributed by atoms with Crippen molar-refractivity contribution in [1.29, 1.82) is 0 Å². The maximum atomic E-state index is 12.3. The Kier molecular flexibility index (Phi) is 4.80. The molecular weight excluding hydrogens is 268 g/mol. The molecule has 1 fully saturated rings. The predicted octanol–water partition coefficient (Wildman–Crippen LogP) is 0.486. The van der Waals surface area contributed by atoms with Crippen LogP contribution < -0.4 is 5.73 Å². The Morgan fingerprint density at radius 2 is 2.05 bits per heavy atom. The van der Waals surface area contributed by atoms with E-state index in [0.717, 1.165) is 25.2 Å². The number of rotatable bonds is 3. The first-order valence-electron chi connectivity index (χ1n) is 7.06. The summed E-state index contributed by atoms with van der Waals surface area (Å²) in [4.78, 5) is 16.5. The molecule has 114 valence electrons. The van der Waals surface area contributed by atoms with E-state index in [0.29, 0.717) is 18.0 Å². The summed E-state index contributed by atoms with van der Waals surface area (Å²) in [6.07, 6.45) is 0.382. The number of likely N-dealkylation sites (N-methyl/N-ethyl adjacent to an activating group) is 1. The minimum atomic E-state index is 0.0702. The molecule has 6 heteroatoms. The monoisotopic (exact) mass is 290 g/mol. The molecule has 2 rings (SSSR count). The molecule has 1 saturated heterocycles. The number of hydrogen-bond acceptors (Lipinski definition) is 4. The minimum absolute atomic E-state index is 0.0702. The highest BCUT2D eigenvalue weighted by molar-refractivity contribution is 5.97. The molecule has 3 N–H and O–H groups in total. The van der Waals surface area contributed by atoms with Crippen molar-refractivity contribution in [1.82, 2.24) is 9.80 Å². The summed E-state index contributed by atoms with van der Waals surface area (Å²) in [5, 5.41) is 11.6. The fourth-order valence-electron chi connectivity index (χ4n) is 2.41. The average molecular weight is 290 g/mol. The molecule has 1 heterocycles. The van der Waals surface area contributed by atoms with E-state index < -0.39 is 0 Å². The van der Waals surface area contributed by atoms with Gasteiger partial charge in [-0.25, -0.2) is 0 Å². The molecule has 1 atom stereocenters. The molecule has 1 aliphatic rings. The van der Waals surface area contributed by atoms with Crippen LogP contribution in [0.25, 0.3) is 0 Å². The average Bonchev–Trinajstić information content (AvgIpc) is 2.50. The predicted molar refractivity (Wildman–Crippen MR) is 81.3 cm³/mol. The van der Waals surface area contributed by atoms with Crippen molar-refractivity contribution in [2.45, 2.75) is 19.4 Å². The van der Waals surface area contributed by atoms with Crippen molar-refractivity contribution in [2.75, 3.05) is 26.7 Å².